The molecule has 3 atom stereocenters. The van der Waals surface area contributed by atoms with Crippen molar-refractivity contribution in [3.8, 4) is 0 Å². The number of amides is 2. The van der Waals surface area contributed by atoms with Gasteiger partial charge in [0.25, 0.3) is 0 Å². The van der Waals surface area contributed by atoms with Gasteiger partial charge in [0.05, 0.1) is 6.04 Å². The molecule has 4 aromatic rings. The Balaban J connectivity index is 1.60. The third kappa shape index (κ3) is 6.63. The highest BCUT2D eigenvalue weighted by Crippen LogP contribution is 2.26. The molecule has 0 bridgehead atoms. The highest BCUT2D eigenvalue weighted by atomic mass is 35.5. The number of thiophene rings is 1. The normalized spacial score (nSPS) is 13.5. The molecule has 189 valence electrons. The van der Waals surface area contributed by atoms with Gasteiger partial charge in [-0.3, -0.25) is 19.3 Å². The van der Waals surface area contributed by atoms with Crippen molar-refractivity contribution in [2.24, 2.45) is 5.73 Å². The van der Waals surface area contributed by atoms with Gasteiger partial charge in [0.15, 0.2) is 0 Å². The average molecular weight is 533 g/mol. The molecule has 0 saturated carbocycles. The molecule has 1 aromatic heterocycles. The van der Waals surface area contributed by atoms with Gasteiger partial charge in [0.1, 0.15) is 12.1 Å². The Morgan fingerprint density at radius 2 is 1.73 bits per heavy atom. The number of hydrogen-bond donors (Lipinski definition) is 2. The Hall–Kier alpha value is -3.52. The van der Waals surface area contributed by atoms with E-state index in [4.69, 9.17) is 17.3 Å². The fraction of sp³-hybridized carbons (Fsp3) is 0.207. The second-order valence-corrected chi connectivity index (χ2v) is 10.3. The molecule has 1 heterocycles. The Morgan fingerprint density at radius 1 is 1.00 bits per heavy atom. The smallest absolute Gasteiger partial charge is 0.249 e. The van der Waals surface area contributed by atoms with E-state index < -0.39 is 29.9 Å². The minimum atomic E-state index is -0.922. The Morgan fingerprint density at radius 3 is 2.41 bits per heavy atom. The van der Waals surface area contributed by atoms with Gasteiger partial charge in [0, 0.05) is 28.4 Å². The molecule has 37 heavy (non-hydrogen) atoms. The number of nitrogens with two attached hydrogens (primary N) is 1. The quantitative estimate of drug-likeness (QED) is 0.310. The van der Waals surface area contributed by atoms with Crippen LogP contribution in [0.1, 0.15) is 17.4 Å². The molecule has 0 aliphatic heterocycles. The SMILES string of the molecule is C[C@H](NC(=O)[C@@H](N)Cc1cccs1)C(=O)N(c1ccc2ccccc2c1)[C@H]([C]=O)Cc1ccc(Cl)cc1. The maximum absolute atomic E-state index is 13.8. The molecule has 0 aliphatic carbocycles. The van der Waals surface area contributed by atoms with E-state index in [1.807, 2.05) is 72.3 Å². The van der Waals surface area contributed by atoms with Crippen molar-refractivity contribution >= 4 is 57.5 Å². The van der Waals surface area contributed by atoms with Gasteiger partial charge in [0.2, 0.25) is 18.1 Å². The molecule has 0 saturated heterocycles. The summed E-state index contributed by atoms with van der Waals surface area (Å²) in [5.41, 5.74) is 7.47. The predicted molar refractivity (Wildman–Crippen MR) is 150 cm³/mol. The van der Waals surface area contributed by atoms with Crippen LogP contribution in [0.3, 0.4) is 0 Å². The van der Waals surface area contributed by atoms with Gasteiger partial charge >= 0.3 is 0 Å². The maximum Gasteiger partial charge on any atom is 0.249 e. The molecule has 1 radical (unpaired) electrons. The zero-order valence-electron chi connectivity index (χ0n) is 20.3. The third-order valence-corrected chi connectivity index (χ3v) is 7.26. The molecular weight excluding hydrogens is 506 g/mol. The Labute approximate surface area is 225 Å². The summed E-state index contributed by atoms with van der Waals surface area (Å²) in [4.78, 5) is 41.2. The van der Waals surface area contributed by atoms with Crippen LogP contribution in [-0.4, -0.2) is 36.2 Å². The number of carbonyl (C=O) groups is 2. The fourth-order valence-corrected chi connectivity index (χ4v) is 5.04. The first-order valence-corrected chi connectivity index (χ1v) is 13.1. The first-order valence-electron chi connectivity index (χ1n) is 11.9. The van der Waals surface area contributed by atoms with Crippen LogP contribution in [0.4, 0.5) is 5.69 Å². The third-order valence-electron chi connectivity index (χ3n) is 6.11. The molecule has 4 rings (SSSR count). The van der Waals surface area contributed by atoms with E-state index in [0.717, 1.165) is 21.2 Å². The van der Waals surface area contributed by atoms with E-state index in [9.17, 15) is 14.4 Å². The number of carbonyl (C=O) groups excluding carboxylic acids is 3. The maximum atomic E-state index is 13.8. The van der Waals surface area contributed by atoms with Crippen molar-refractivity contribution in [1.29, 1.82) is 0 Å². The van der Waals surface area contributed by atoms with Crippen LogP contribution in [0, 0.1) is 0 Å². The van der Waals surface area contributed by atoms with E-state index in [0.29, 0.717) is 17.1 Å². The van der Waals surface area contributed by atoms with Gasteiger partial charge in [-0.05, 0) is 59.0 Å². The number of hydrogen-bond acceptors (Lipinski definition) is 5. The number of benzene rings is 3. The lowest BCUT2D eigenvalue weighted by Gasteiger charge is -2.31. The lowest BCUT2D eigenvalue weighted by molar-refractivity contribution is -0.128. The van der Waals surface area contributed by atoms with Crippen molar-refractivity contribution < 1.29 is 14.4 Å². The number of nitrogens with zero attached hydrogens (tertiary/aromatic N) is 1. The largest absolute Gasteiger partial charge is 0.343 e. The summed E-state index contributed by atoms with van der Waals surface area (Å²) >= 11 is 7.53. The zero-order chi connectivity index (χ0) is 26.4. The zero-order valence-corrected chi connectivity index (χ0v) is 21.8. The number of fused-ring (bicyclic) bond motifs is 1. The van der Waals surface area contributed by atoms with Gasteiger partial charge in [-0.1, -0.05) is 60.1 Å². The van der Waals surface area contributed by atoms with Crippen molar-refractivity contribution in [3.63, 3.8) is 0 Å². The summed E-state index contributed by atoms with van der Waals surface area (Å²) in [5.74, 6) is -0.869. The summed E-state index contributed by atoms with van der Waals surface area (Å²) in [7, 11) is 0. The monoisotopic (exact) mass is 532 g/mol. The van der Waals surface area contributed by atoms with Crippen molar-refractivity contribution in [2.75, 3.05) is 4.90 Å². The molecule has 0 aliphatic rings. The molecule has 6 nitrogen and oxygen atoms in total. The Bertz CT molecular complexity index is 1370. The van der Waals surface area contributed by atoms with Crippen molar-refractivity contribution in [3.05, 3.63) is 99.7 Å². The molecule has 0 fully saturated rings. The minimum absolute atomic E-state index is 0.234. The van der Waals surface area contributed by atoms with Crippen LogP contribution < -0.4 is 16.0 Å². The molecule has 0 spiro atoms. The molecule has 3 N–H and O–H groups in total. The number of halogens is 1. The number of nitrogens with one attached hydrogen (secondary N) is 1. The van der Waals surface area contributed by atoms with Gasteiger partial charge in [-0.15, -0.1) is 11.3 Å². The number of rotatable bonds is 10. The lowest BCUT2D eigenvalue weighted by Crippen LogP contribution is -2.54. The molecular formula is C29H27ClN3O3S. The highest BCUT2D eigenvalue weighted by molar-refractivity contribution is 7.09. The molecule has 2 amide bonds. The van der Waals surface area contributed by atoms with Gasteiger partial charge in [-0.2, -0.15) is 0 Å². The van der Waals surface area contributed by atoms with E-state index in [1.165, 1.54) is 16.2 Å². The van der Waals surface area contributed by atoms with Gasteiger partial charge < -0.3 is 11.1 Å². The van der Waals surface area contributed by atoms with Crippen molar-refractivity contribution in [1.82, 2.24) is 5.32 Å². The first-order chi connectivity index (χ1) is 17.9. The predicted octanol–water partition coefficient (Wildman–Crippen LogP) is 4.68. The van der Waals surface area contributed by atoms with Crippen LogP contribution in [0.25, 0.3) is 10.8 Å². The average Bonchev–Trinajstić information content (AvgIpc) is 3.42. The fourth-order valence-electron chi connectivity index (χ4n) is 4.15. The van der Waals surface area contributed by atoms with Crippen molar-refractivity contribution in [2.45, 2.75) is 37.9 Å². The summed E-state index contributed by atoms with van der Waals surface area (Å²) < 4.78 is 0. The lowest BCUT2D eigenvalue weighted by atomic mass is 10.0. The summed E-state index contributed by atoms with van der Waals surface area (Å²) in [6, 6.07) is 21.6. The van der Waals surface area contributed by atoms with Crippen LogP contribution in [-0.2, 0) is 27.2 Å². The standard InChI is InChI=1S/C29H27ClN3O3S/c1-19(32-28(35)27(31)17-26-7-4-14-37-26)29(36)33(24-13-10-21-5-2-3-6-22(21)16-24)25(18-34)15-20-8-11-23(30)12-9-20/h2-14,16,19,25,27H,15,17,31H2,1H3,(H,32,35)/t19-,25-,27-/m0/s1. The topological polar surface area (TPSA) is 92.5 Å². The highest BCUT2D eigenvalue weighted by Gasteiger charge is 2.31. The van der Waals surface area contributed by atoms with E-state index in [1.54, 1.807) is 25.1 Å². The van der Waals surface area contributed by atoms with Crippen LogP contribution in [0.15, 0.2) is 84.2 Å². The van der Waals surface area contributed by atoms with Crippen LogP contribution in [0.5, 0.6) is 0 Å². The second-order valence-electron chi connectivity index (χ2n) is 8.82. The minimum Gasteiger partial charge on any atom is -0.343 e. The Kier molecular flexibility index (Phi) is 8.71. The number of anilines is 1. The molecule has 0 unspecified atom stereocenters. The van der Waals surface area contributed by atoms with E-state index in [2.05, 4.69) is 5.32 Å². The summed E-state index contributed by atoms with van der Waals surface area (Å²) in [6.07, 6.45) is 2.65. The van der Waals surface area contributed by atoms with Gasteiger partial charge in [-0.25, -0.2) is 0 Å². The molecule has 8 heteroatoms. The van der Waals surface area contributed by atoms with Crippen LogP contribution >= 0.6 is 22.9 Å². The first kappa shape index (κ1) is 26.5. The van der Waals surface area contributed by atoms with E-state index >= 15 is 0 Å². The summed E-state index contributed by atoms with van der Waals surface area (Å²) in [5, 5.41) is 7.15. The van der Waals surface area contributed by atoms with Crippen LogP contribution in [0.2, 0.25) is 5.02 Å². The second kappa shape index (κ2) is 12.1. The van der Waals surface area contributed by atoms with E-state index in [-0.39, 0.29) is 6.42 Å². The summed E-state index contributed by atoms with van der Waals surface area (Å²) in [6.45, 7) is 1.59. The molecule has 3 aromatic carbocycles.